The summed E-state index contributed by atoms with van der Waals surface area (Å²) in [5, 5.41) is 8.39. The summed E-state index contributed by atoms with van der Waals surface area (Å²) in [6, 6.07) is 0. The molecule has 0 rings (SSSR count). The Bertz CT molecular complexity index is 342. The molecule has 0 spiro atoms. The third kappa shape index (κ3) is 16.5. The summed E-state index contributed by atoms with van der Waals surface area (Å²) in [4.78, 5) is 10.2. The van der Waals surface area contributed by atoms with Crippen molar-refractivity contribution in [3.63, 3.8) is 0 Å². The van der Waals surface area contributed by atoms with Crippen LogP contribution in [0.5, 0.6) is 0 Å². The summed E-state index contributed by atoms with van der Waals surface area (Å²) in [6.07, 6.45) is 18.3. The first kappa shape index (κ1) is 18.5. The molecule has 20 heavy (non-hydrogen) atoms. The van der Waals surface area contributed by atoms with Crippen LogP contribution in [0.4, 0.5) is 0 Å². The topological polar surface area (TPSA) is 37.3 Å². The van der Waals surface area contributed by atoms with E-state index in [0.717, 1.165) is 25.3 Å². The smallest absolute Gasteiger partial charge is 0.328 e. The summed E-state index contributed by atoms with van der Waals surface area (Å²) >= 11 is 0. The van der Waals surface area contributed by atoms with E-state index in [4.69, 9.17) is 5.11 Å². The van der Waals surface area contributed by atoms with Gasteiger partial charge in [-0.2, -0.15) is 0 Å². The standard InChI is InChI=1S/C18H28O2/c1-2-3-4-5-6-7-8-9-10-11-12-13-14-15-16-17-18(19)20/h14-17H,2-5,8-13H2,1H3,(H,19,20)/b15-14+,17-16+. The predicted octanol–water partition coefficient (Wildman–Crippen LogP) is 5.11. The van der Waals surface area contributed by atoms with Crippen molar-refractivity contribution in [1.82, 2.24) is 0 Å². The van der Waals surface area contributed by atoms with Gasteiger partial charge in [-0.25, -0.2) is 4.79 Å². The molecule has 0 amide bonds. The Morgan fingerprint density at radius 1 is 0.950 bits per heavy atom. The Morgan fingerprint density at radius 3 is 2.25 bits per heavy atom. The van der Waals surface area contributed by atoms with Gasteiger partial charge in [0.05, 0.1) is 0 Å². The summed E-state index contributed by atoms with van der Waals surface area (Å²) in [6.45, 7) is 2.21. The highest BCUT2D eigenvalue weighted by molar-refractivity contribution is 5.80. The highest BCUT2D eigenvalue weighted by Gasteiger charge is 1.87. The Labute approximate surface area is 124 Å². The molecule has 0 saturated carbocycles. The van der Waals surface area contributed by atoms with Crippen LogP contribution >= 0.6 is 0 Å². The van der Waals surface area contributed by atoms with Crippen LogP contribution in [0.15, 0.2) is 24.3 Å². The molecular weight excluding hydrogens is 248 g/mol. The Kier molecular flexibility index (Phi) is 14.4. The number of hydrogen-bond acceptors (Lipinski definition) is 1. The second-order valence-corrected chi connectivity index (χ2v) is 4.89. The molecule has 2 heteroatoms. The van der Waals surface area contributed by atoms with E-state index in [1.807, 2.05) is 6.08 Å². The fraction of sp³-hybridized carbons (Fsp3) is 0.611. The van der Waals surface area contributed by atoms with E-state index in [1.54, 1.807) is 12.2 Å². The van der Waals surface area contributed by atoms with Gasteiger partial charge >= 0.3 is 5.97 Å². The highest BCUT2D eigenvalue weighted by Crippen LogP contribution is 2.05. The van der Waals surface area contributed by atoms with Gasteiger partial charge in [-0.15, -0.1) is 11.8 Å². The van der Waals surface area contributed by atoms with Gasteiger partial charge in [0.2, 0.25) is 0 Å². The fourth-order valence-corrected chi connectivity index (χ4v) is 1.78. The Balaban J connectivity index is 3.26. The number of unbranched alkanes of at least 4 members (excludes halogenated alkanes) is 8. The predicted molar refractivity (Wildman–Crippen MR) is 85.5 cm³/mol. The summed E-state index contributed by atoms with van der Waals surface area (Å²) in [7, 11) is 0. The lowest BCUT2D eigenvalue weighted by atomic mass is 10.1. The maximum absolute atomic E-state index is 10.2. The number of carboxylic acid groups (broad SMARTS) is 1. The van der Waals surface area contributed by atoms with E-state index in [9.17, 15) is 4.79 Å². The Hall–Kier alpha value is -1.49. The molecule has 1 N–H and O–H groups in total. The normalized spacial score (nSPS) is 10.8. The second-order valence-electron chi connectivity index (χ2n) is 4.89. The van der Waals surface area contributed by atoms with Crippen LogP contribution in [0.1, 0.15) is 71.1 Å². The van der Waals surface area contributed by atoms with Crippen LogP contribution in [0.3, 0.4) is 0 Å². The molecule has 0 bridgehead atoms. The van der Waals surface area contributed by atoms with Crippen molar-refractivity contribution in [2.75, 3.05) is 0 Å². The molecule has 0 aliphatic rings. The van der Waals surface area contributed by atoms with E-state index in [0.29, 0.717) is 0 Å². The van der Waals surface area contributed by atoms with Crippen molar-refractivity contribution in [3.8, 4) is 11.8 Å². The van der Waals surface area contributed by atoms with Gasteiger partial charge in [0.15, 0.2) is 0 Å². The highest BCUT2D eigenvalue weighted by atomic mass is 16.4. The molecule has 0 atom stereocenters. The molecule has 0 radical (unpaired) electrons. The first-order valence-electron chi connectivity index (χ1n) is 7.79. The zero-order chi connectivity index (χ0) is 14.9. The molecule has 0 aromatic heterocycles. The van der Waals surface area contributed by atoms with Gasteiger partial charge in [0.1, 0.15) is 0 Å². The number of hydrogen-bond donors (Lipinski definition) is 1. The SMILES string of the molecule is CCCCCC#CCCCCCC/C=C/C=C/C(=O)O. The van der Waals surface area contributed by atoms with Crippen LogP contribution < -0.4 is 0 Å². The molecular formula is C18H28O2. The molecule has 0 aliphatic heterocycles. The minimum atomic E-state index is -0.898. The third-order valence-electron chi connectivity index (χ3n) is 2.94. The van der Waals surface area contributed by atoms with Crippen molar-refractivity contribution in [1.29, 1.82) is 0 Å². The fourth-order valence-electron chi connectivity index (χ4n) is 1.78. The Morgan fingerprint density at radius 2 is 1.60 bits per heavy atom. The van der Waals surface area contributed by atoms with Crippen molar-refractivity contribution < 1.29 is 9.90 Å². The monoisotopic (exact) mass is 276 g/mol. The van der Waals surface area contributed by atoms with Crippen molar-refractivity contribution >= 4 is 5.97 Å². The number of aliphatic carboxylic acids is 1. The van der Waals surface area contributed by atoms with E-state index >= 15 is 0 Å². The van der Waals surface area contributed by atoms with Crippen molar-refractivity contribution in [3.05, 3.63) is 24.3 Å². The lowest BCUT2D eigenvalue weighted by Crippen LogP contribution is -1.84. The number of allylic oxidation sites excluding steroid dienone is 3. The minimum absolute atomic E-state index is 0.898. The number of carboxylic acids is 1. The van der Waals surface area contributed by atoms with Crippen molar-refractivity contribution in [2.24, 2.45) is 0 Å². The van der Waals surface area contributed by atoms with Gasteiger partial charge in [-0.1, -0.05) is 50.8 Å². The zero-order valence-electron chi connectivity index (χ0n) is 12.7. The molecule has 112 valence electrons. The van der Waals surface area contributed by atoms with Gasteiger partial charge in [-0.05, 0) is 25.7 Å². The minimum Gasteiger partial charge on any atom is -0.478 e. The van der Waals surface area contributed by atoms with Crippen LogP contribution in [0, 0.1) is 11.8 Å². The third-order valence-corrected chi connectivity index (χ3v) is 2.94. The average molecular weight is 276 g/mol. The lowest BCUT2D eigenvalue weighted by molar-refractivity contribution is -0.131. The molecule has 0 saturated heterocycles. The first-order valence-corrected chi connectivity index (χ1v) is 7.79. The molecule has 0 heterocycles. The van der Waals surface area contributed by atoms with E-state index in [1.165, 1.54) is 44.9 Å². The number of carbonyl (C=O) groups is 1. The van der Waals surface area contributed by atoms with Crippen LogP contribution in [0.25, 0.3) is 0 Å². The first-order chi connectivity index (χ1) is 9.77. The largest absolute Gasteiger partial charge is 0.478 e. The molecule has 0 aliphatic carbocycles. The van der Waals surface area contributed by atoms with Gasteiger partial charge < -0.3 is 5.11 Å². The number of rotatable bonds is 11. The van der Waals surface area contributed by atoms with Gasteiger partial charge in [-0.3, -0.25) is 0 Å². The van der Waals surface area contributed by atoms with Crippen LogP contribution in [0.2, 0.25) is 0 Å². The van der Waals surface area contributed by atoms with Crippen LogP contribution in [-0.2, 0) is 4.79 Å². The second kappa shape index (κ2) is 15.6. The molecule has 0 fully saturated rings. The zero-order valence-corrected chi connectivity index (χ0v) is 12.7. The molecule has 0 aromatic rings. The van der Waals surface area contributed by atoms with Crippen LogP contribution in [-0.4, -0.2) is 11.1 Å². The molecule has 2 nitrogen and oxygen atoms in total. The van der Waals surface area contributed by atoms with E-state index < -0.39 is 5.97 Å². The summed E-state index contributed by atoms with van der Waals surface area (Å²) in [5.74, 6) is 5.59. The van der Waals surface area contributed by atoms with E-state index in [2.05, 4.69) is 18.8 Å². The molecule has 0 aromatic carbocycles. The van der Waals surface area contributed by atoms with E-state index in [-0.39, 0.29) is 0 Å². The molecule has 0 unspecified atom stereocenters. The summed E-state index contributed by atoms with van der Waals surface area (Å²) < 4.78 is 0. The summed E-state index contributed by atoms with van der Waals surface area (Å²) in [5.41, 5.74) is 0. The van der Waals surface area contributed by atoms with Crippen molar-refractivity contribution in [2.45, 2.75) is 71.1 Å². The average Bonchev–Trinajstić information content (AvgIpc) is 2.43. The van der Waals surface area contributed by atoms with Gasteiger partial charge in [0.25, 0.3) is 0 Å². The lowest BCUT2D eigenvalue weighted by Gasteiger charge is -1.95. The van der Waals surface area contributed by atoms with Gasteiger partial charge in [0, 0.05) is 18.9 Å². The maximum Gasteiger partial charge on any atom is 0.328 e. The maximum atomic E-state index is 10.2. The quantitative estimate of drug-likeness (QED) is 0.246.